The van der Waals surface area contributed by atoms with Crippen molar-refractivity contribution < 1.29 is 0 Å². The van der Waals surface area contributed by atoms with E-state index >= 15 is 0 Å². The summed E-state index contributed by atoms with van der Waals surface area (Å²) < 4.78 is 9.70. The van der Waals surface area contributed by atoms with E-state index in [1.165, 1.54) is 54.7 Å². The smallest absolute Gasteiger partial charge is 0.0542 e. The summed E-state index contributed by atoms with van der Waals surface area (Å²) in [6.07, 6.45) is 0. The Kier molecular flexibility index (Phi) is 14.1. The third-order valence-electron chi connectivity index (χ3n) is 19.9. The average molecular weight is 1280 g/mol. The van der Waals surface area contributed by atoms with Crippen LogP contribution in [-0.4, -0.2) is 18.3 Å². The van der Waals surface area contributed by atoms with E-state index in [0.29, 0.717) is 0 Å². The Hall–Kier alpha value is -13.4. The monoisotopic (exact) mass is 1280 g/mol. The van der Waals surface area contributed by atoms with Crippen molar-refractivity contribution in [2.45, 2.75) is 0 Å². The first-order chi connectivity index (χ1) is 49.6. The minimum Gasteiger partial charge on any atom is -0.310 e. The van der Waals surface area contributed by atoms with E-state index in [9.17, 15) is 0 Å². The highest BCUT2D eigenvalue weighted by Gasteiger charge is 2.24. The van der Waals surface area contributed by atoms with Crippen molar-refractivity contribution in [1.29, 1.82) is 0 Å². The van der Waals surface area contributed by atoms with Crippen LogP contribution >= 0.6 is 0 Å². The molecule has 19 rings (SSSR count). The molecule has 0 amide bonds. The van der Waals surface area contributed by atoms with E-state index in [0.717, 1.165) is 112 Å². The number of fused-ring (bicyclic) bond motifs is 8. The van der Waals surface area contributed by atoms with Gasteiger partial charge in [-0.05, 0) is 215 Å². The van der Waals surface area contributed by atoms with Gasteiger partial charge < -0.3 is 28.1 Å². The minimum absolute atomic E-state index is 1.05. The third kappa shape index (κ3) is 10.0. The summed E-state index contributed by atoms with van der Waals surface area (Å²) in [5, 5.41) is 7.08. The van der Waals surface area contributed by atoms with Gasteiger partial charge in [0, 0.05) is 89.2 Å². The Balaban J connectivity index is 0.772. The summed E-state index contributed by atoms with van der Waals surface area (Å²) in [7, 11) is 0. The van der Waals surface area contributed by atoms with Gasteiger partial charge in [-0.1, -0.05) is 206 Å². The maximum atomic E-state index is 2.47. The zero-order chi connectivity index (χ0) is 66.0. The largest absolute Gasteiger partial charge is 0.310 e. The number of hydrogen-bond donors (Lipinski definition) is 0. The molecule has 0 aliphatic carbocycles. The lowest BCUT2D eigenvalue weighted by molar-refractivity contribution is 1.13. The molecule has 0 fully saturated rings. The maximum absolute atomic E-state index is 2.47. The van der Waals surface area contributed by atoms with Crippen LogP contribution in [0.1, 0.15) is 0 Å². The Bertz CT molecular complexity index is 5850. The molecule has 19 aromatic rings. The standard InChI is InChI=1S/C94H64N6/c1-7-25-65(26-8-1)67-29-23-31-69(57-67)91-59-71-61-94-72(62-93(71)99(91)79-49-45-77(46-50-79)95(73-33-11-3-12-34-73)81-53-55-89-85(63-81)83-41-19-21-43-87(83)97(89)75-37-15-5-16-38-75)60-92(70-32-24-30-68(58-70)66-27-9-2-10-28-66)100(94)80-51-47-78(48-52-80)96(74-35-13-4-14-36-74)82-54-56-90-86(64-82)84-42-20-22-44-88(84)98(90)76-39-17-6-18-40-76/h1-64H. The Morgan fingerprint density at radius 1 is 0.160 bits per heavy atom. The Labute approximate surface area is 579 Å². The summed E-state index contributed by atoms with van der Waals surface area (Å²) >= 11 is 0. The number of anilines is 6. The molecular weight excluding hydrogens is 1210 g/mol. The van der Waals surface area contributed by atoms with Crippen molar-refractivity contribution in [1.82, 2.24) is 18.3 Å². The highest BCUT2D eigenvalue weighted by molar-refractivity contribution is 6.12. The van der Waals surface area contributed by atoms with Crippen LogP contribution in [-0.2, 0) is 0 Å². The predicted octanol–water partition coefficient (Wildman–Crippen LogP) is 25.4. The zero-order valence-corrected chi connectivity index (χ0v) is 54.6. The van der Waals surface area contributed by atoms with E-state index in [-0.39, 0.29) is 0 Å². The van der Waals surface area contributed by atoms with Crippen molar-refractivity contribution in [2.75, 3.05) is 9.80 Å². The topological polar surface area (TPSA) is 26.2 Å². The average Bonchev–Trinajstić information content (AvgIpc) is 1.59. The summed E-state index contributed by atoms with van der Waals surface area (Å²) in [6.45, 7) is 0. The van der Waals surface area contributed by atoms with Crippen LogP contribution in [0.15, 0.2) is 388 Å². The van der Waals surface area contributed by atoms with Gasteiger partial charge in [0.1, 0.15) is 0 Å². The number of aromatic nitrogens is 4. The second-order valence-electron chi connectivity index (χ2n) is 25.7. The third-order valence-corrected chi connectivity index (χ3v) is 19.9. The number of benzene rings is 15. The lowest BCUT2D eigenvalue weighted by atomic mass is 10.0. The molecule has 470 valence electrons. The second-order valence-corrected chi connectivity index (χ2v) is 25.7. The van der Waals surface area contributed by atoms with E-state index in [1.54, 1.807) is 0 Å². The van der Waals surface area contributed by atoms with Crippen LogP contribution in [0.5, 0.6) is 0 Å². The molecule has 0 saturated carbocycles. The number of para-hydroxylation sites is 6. The van der Waals surface area contributed by atoms with Crippen LogP contribution in [0.4, 0.5) is 34.1 Å². The SMILES string of the molecule is c1ccc(-c2cccc(-c3cc4cc5c(cc(-c6cccc(-c7ccccc7)c6)n5-c5ccc(N(c6ccccc6)c6ccc7c(c6)c6ccccc6n7-c6ccccc6)cc5)cc4n3-c3ccc(N(c4ccccc4)c4ccc5c(c4)c4ccccc4n5-c4ccccc4)cc3)c2)cc1. The predicted molar refractivity (Wildman–Crippen MR) is 420 cm³/mol. The molecule has 0 bridgehead atoms. The highest BCUT2D eigenvalue weighted by atomic mass is 15.2. The lowest BCUT2D eigenvalue weighted by Gasteiger charge is -2.26. The lowest BCUT2D eigenvalue weighted by Crippen LogP contribution is -2.10. The van der Waals surface area contributed by atoms with E-state index in [1.807, 2.05) is 0 Å². The van der Waals surface area contributed by atoms with Gasteiger partial charge >= 0.3 is 0 Å². The quantitative estimate of drug-likeness (QED) is 0.108. The Morgan fingerprint density at radius 2 is 0.460 bits per heavy atom. The zero-order valence-electron chi connectivity index (χ0n) is 54.6. The highest BCUT2D eigenvalue weighted by Crippen LogP contribution is 2.45. The van der Waals surface area contributed by atoms with E-state index in [2.05, 4.69) is 416 Å². The molecule has 0 N–H and O–H groups in total. The molecule has 100 heavy (non-hydrogen) atoms. The van der Waals surface area contributed by atoms with Crippen LogP contribution < -0.4 is 9.80 Å². The maximum Gasteiger partial charge on any atom is 0.0542 e. The van der Waals surface area contributed by atoms with Gasteiger partial charge in [-0.25, -0.2) is 0 Å². The van der Waals surface area contributed by atoms with Gasteiger partial charge in [-0.3, -0.25) is 0 Å². The van der Waals surface area contributed by atoms with Crippen LogP contribution in [0, 0.1) is 0 Å². The molecule has 4 heterocycles. The van der Waals surface area contributed by atoms with Crippen molar-refractivity contribution in [2.24, 2.45) is 0 Å². The van der Waals surface area contributed by atoms with E-state index < -0.39 is 0 Å². The fourth-order valence-corrected chi connectivity index (χ4v) is 15.3. The van der Waals surface area contributed by atoms with Gasteiger partial charge in [0.05, 0.1) is 44.5 Å². The molecule has 6 nitrogen and oxygen atoms in total. The van der Waals surface area contributed by atoms with Gasteiger partial charge in [-0.15, -0.1) is 0 Å². The molecule has 4 aromatic heterocycles. The molecule has 0 spiro atoms. The normalized spacial score (nSPS) is 11.6. The van der Waals surface area contributed by atoms with Crippen molar-refractivity contribution in [3.63, 3.8) is 0 Å². The van der Waals surface area contributed by atoms with Crippen LogP contribution in [0.2, 0.25) is 0 Å². The first kappa shape index (κ1) is 58.0. The minimum atomic E-state index is 1.05. The number of hydrogen-bond acceptors (Lipinski definition) is 2. The molecule has 6 heteroatoms. The Morgan fingerprint density at radius 3 is 0.860 bits per heavy atom. The van der Waals surface area contributed by atoms with Gasteiger partial charge in [0.2, 0.25) is 0 Å². The van der Waals surface area contributed by atoms with Gasteiger partial charge in [-0.2, -0.15) is 0 Å². The first-order valence-electron chi connectivity index (χ1n) is 34.2. The second kappa shape index (κ2) is 24.3. The molecule has 0 atom stereocenters. The fourth-order valence-electron chi connectivity index (χ4n) is 15.3. The van der Waals surface area contributed by atoms with Crippen molar-refractivity contribution in [3.05, 3.63) is 388 Å². The number of nitrogens with zero attached hydrogens (tertiary/aromatic N) is 6. The first-order valence-corrected chi connectivity index (χ1v) is 34.2. The molecular formula is C94H64N6. The summed E-state index contributed by atoms with van der Waals surface area (Å²) in [5.74, 6) is 0. The van der Waals surface area contributed by atoms with Gasteiger partial charge in [0.15, 0.2) is 0 Å². The van der Waals surface area contributed by atoms with Crippen molar-refractivity contribution in [3.8, 4) is 67.5 Å². The van der Waals surface area contributed by atoms with Crippen LogP contribution in [0.3, 0.4) is 0 Å². The summed E-state index contributed by atoms with van der Waals surface area (Å²) in [5.41, 5.74) is 26.9. The van der Waals surface area contributed by atoms with Crippen molar-refractivity contribution >= 4 is 99.5 Å². The van der Waals surface area contributed by atoms with Crippen LogP contribution in [0.25, 0.3) is 133 Å². The van der Waals surface area contributed by atoms with E-state index in [4.69, 9.17) is 0 Å². The molecule has 0 aliphatic rings. The molecule has 0 aliphatic heterocycles. The van der Waals surface area contributed by atoms with Gasteiger partial charge in [0.25, 0.3) is 0 Å². The molecule has 0 saturated heterocycles. The summed E-state index contributed by atoms with van der Waals surface area (Å²) in [4.78, 5) is 4.77. The number of rotatable bonds is 14. The summed E-state index contributed by atoms with van der Waals surface area (Å²) in [6, 6.07) is 142. The molecule has 0 unspecified atom stereocenters. The molecule has 0 radical (unpaired) electrons. The fraction of sp³-hybridized carbons (Fsp3) is 0. The molecule has 15 aromatic carbocycles.